The molecule has 19 heavy (non-hydrogen) atoms. The number of hydrogen-bond acceptors (Lipinski definition) is 4. The minimum Gasteiger partial charge on any atom is -0.477 e. The second-order valence-electron chi connectivity index (χ2n) is 3.97. The van der Waals surface area contributed by atoms with Crippen LogP contribution in [0.5, 0.6) is 0 Å². The monoisotopic (exact) mass is 301 g/mol. The lowest BCUT2D eigenvalue weighted by Gasteiger charge is -2.18. The number of thiophene rings is 1. The number of carbonyl (C=O) groups is 2. The highest BCUT2D eigenvalue weighted by atomic mass is 32.2. The summed E-state index contributed by atoms with van der Waals surface area (Å²) >= 11 is 2.84. The number of carboxylic acids is 1. The normalized spacial score (nSPS) is 10.4. The third-order valence-electron chi connectivity index (χ3n) is 2.71. The van der Waals surface area contributed by atoms with Gasteiger partial charge in [0.15, 0.2) is 0 Å². The molecule has 0 aliphatic heterocycles. The van der Waals surface area contributed by atoms with Crippen molar-refractivity contribution in [1.29, 1.82) is 0 Å². The maximum atomic E-state index is 11.8. The van der Waals surface area contributed by atoms with E-state index in [4.69, 9.17) is 5.11 Å². The topological polar surface area (TPSA) is 57.6 Å². The second kappa shape index (κ2) is 8.22. The van der Waals surface area contributed by atoms with Crippen LogP contribution in [0.2, 0.25) is 0 Å². The van der Waals surface area contributed by atoms with Crippen molar-refractivity contribution >= 4 is 35.0 Å². The van der Waals surface area contributed by atoms with Crippen LogP contribution in [-0.4, -0.2) is 40.7 Å². The molecule has 1 aromatic heterocycles. The Bertz CT molecular complexity index is 427. The van der Waals surface area contributed by atoms with Crippen molar-refractivity contribution in [2.75, 3.05) is 18.8 Å². The molecule has 1 N–H and O–H groups in total. The van der Waals surface area contributed by atoms with E-state index in [9.17, 15) is 9.59 Å². The Morgan fingerprint density at radius 3 is 2.58 bits per heavy atom. The molecular weight excluding hydrogens is 282 g/mol. The lowest BCUT2D eigenvalue weighted by atomic mass is 10.3. The van der Waals surface area contributed by atoms with E-state index in [2.05, 4.69) is 0 Å². The first-order valence-corrected chi connectivity index (χ1v) is 8.17. The number of aromatic carboxylic acids is 1. The van der Waals surface area contributed by atoms with E-state index in [-0.39, 0.29) is 5.91 Å². The molecule has 6 heteroatoms. The first-order chi connectivity index (χ1) is 9.08. The van der Waals surface area contributed by atoms with Crippen LogP contribution < -0.4 is 0 Å². The van der Waals surface area contributed by atoms with Crippen LogP contribution in [0.3, 0.4) is 0 Å². The van der Waals surface area contributed by atoms with Crippen molar-refractivity contribution in [2.24, 2.45) is 0 Å². The van der Waals surface area contributed by atoms with Crippen molar-refractivity contribution in [2.45, 2.75) is 31.6 Å². The number of carboxylic acid groups (broad SMARTS) is 1. The highest BCUT2D eigenvalue weighted by Crippen LogP contribution is 2.25. The first kappa shape index (κ1) is 16.0. The van der Waals surface area contributed by atoms with Crippen LogP contribution in [0.25, 0.3) is 0 Å². The Balaban J connectivity index is 2.27. The molecule has 1 amide bonds. The van der Waals surface area contributed by atoms with Gasteiger partial charge in [0, 0.05) is 29.8 Å². The molecule has 0 fully saturated rings. The minimum atomic E-state index is -0.881. The zero-order valence-electron chi connectivity index (χ0n) is 11.2. The van der Waals surface area contributed by atoms with Gasteiger partial charge >= 0.3 is 5.97 Å². The molecule has 0 aliphatic rings. The van der Waals surface area contributed by atoms with Gasteiger partial charge in [-0.3, -0.25) is 4.79 Å². The van der Waals surface area contributed by atoms with Gasteiger partial charge in [-0.1, -0.05) is 0 Å². The van der Waals surface area contributed by atoms with Gasteiger partial charge < -0.3 is 10.0 Å². The van der Waals surface area contributed by atoms with E-state index in [0.717, 1.165) is 30.2 Å². The summed E-state index contributed by atoms with van der Waals surface area (Å²) in [6, 6.07) is 1.68. The third kappa shape index (κ3) is 5.24. The van der Waals surface area contributed by atoms with Crippen LogP contribution in [0, 0.1) is 0 Å². The number of thioether (sulfide) groups is 1. The zero-order chi connectivity index (χ0) is 14.3. The largest absolute Gasteiger partial charge is 0.477 e. The van der Waals surface area contributed by atoms with Crippen molar-refractivity contribution in [3.63, 3.8) is 0 Å². The number of rotatable bonds is 8. The van der Waals surface area contributed by atoms with Crippen molar-refractivity contribution < 1.29 is 14.7 Å². The summed E-state index contributed by atoms with van der Waals surface area (Å²) in [5.74, 6) is 0.152. The second-order valence-corrected chi connectivity index (χ2v) is 6.05. The van der Waals surface area contributed by atoms with E-state index < -0.39 is 5.97 Å². The molecule has 0 saturated heterocycles. The van der Waals surface area contributed by atoms with Crippen molar-refractivity contribution in [3.8, 4) is 0 Å². The van der Waals surface area contributed by atoms with E-state index in [1.165, 1.54) is 11.3 Å². The lowest BCUT2D eigenvalue weighted by molar-refractivity contribution is -0.130. The summed E-state index contributed by atoms with van der Waals surface area (Å²) in [6.45, 7) is 5.48. The van der Waals surface area contributed by atoms with Gasteiger partial charge in [-0.25, -0.2) is 4.79 Å². The Hall–Kier alpha value is -1.01. The van der Waals surface area contributed by atoms with Gasteiger partial charge in [-0.2, -0.15) is 0 Å². The minimum absolute atomic E-state index is 0.196. The molecule has 1 rings (SSSR count). The molecule has 0 saturated carbocycles. The molecule has 0 aliphatic carbocycles. The molecule has 1 heterocycles. The zero-order valence-corrected chi connectivity index (χ0v) is 12.9. The van der Waals surface area contributed by atoms with Crippen LogP contribution in [-0.2, 0) is 4.79 Å². The molecule has 0 unspecified atom stereocenters. The fourth-order valence-corrected chi connectivity index (χ4v) is 3.48. The van der Waals surface area contributed by atoms with Gasteiger partial charge in [0.05, 0.1) is 0 Å². The Morgan fingerprint density at radius 2 is 2.05 bits per heavy atom. The van der Waals surface area contributed by atoms with Gasteiger partial charge in [-0.15, -0.1) is 23.1 Å². The molecule has 4 nitrogen and oxygen atoms in total. The highest BCUT2D eigenvalue weighted by molar-refractivity contribution is 7.99. The molecular formula is C13H19NO3S2. The number of amides is 1. The molecule has 106 valence electrons. The summed E-state index contributed by atoms with van der Waals surface area (Å²) in [5.41, 5.74) is 0. The quantitative estimate of drug-likeness (QED) is 0.592. The summed E-state index contributed by atoms with van der Waals surface area (Å²) < 4.78 is 0. The number of nitrogens with zero attached hydrogens (tertiary/aromatic N) is 1. The van der Waals surface area contributed by atoms with Crippen molar-refractivity contribution in [1.82, 2.24) is 4.90 Å². The van der Waals surface area contributed by atoms with Gasteiger partial charge in [0.2, 0.25) is 5.91 Å². The van der Waals surface area contributed by atoms with Gasteiger partial charge in [-0.05, 0) is 32.1 Å². The highest BCUT2D eigenvalue weighted by Gasteiger charge is 2.10. The van der Waals surface area contributed by atoms with Crippen LogP contribution in [0.1, 0.15) is 36.4 Å². The Morgan fingerprint density at radius 1 is 1.37 bits per heavy atom. The predicted octanol–water partition coefficient (Wildman–Crippen LogP) is 3.19. The summed E-state index contributed by atoms with van der Waals surface area (Å²) in [5, 5.41) is 10.7. The molecule has 0 atom stereocenters. The molecule has 0 radical (unpaired) electrons. The van der Waals surface area contributed by atoms with E-state index in [1.807, 2.05) is 24.1 Å². The van der Waals surface area contributed by atoms with Crippen LogP contribution >= 0.6 is 23.1 Å². The molecule has 0 aromatic carbocycles. The number of hydrogen-bond donors (Lipinski definition) is 1. The lowest BCUT2D eigenvalue weighted by Crippen LogP contribution is -2.30. The van der Waals surface area contributed by atoms with E-state index >= 15 is 0 Å². The standard InChI is InChI=1S/C13H19NO3S2/c1-3-14(4-2)12(15)6-5-7-18-10-8-11(13(16)17)19-9-10/h8-9H,3-7H2,1-2H3,(H,16,17). The third-order valence-corrected chi connectivity index (χ3v) is 4.84. The van der Waals surface area contributed by atoms with Crippen LogP contribution in [0.15, 0.2) is 16.3 Å². The van der Waals surface area contributed by atoms with Crippen molar-refractivity contribution in [3.05, 3.63) is 16.3 Å². The van der Waals surface area contributed by atoms with Crippen LogP contribution in [0.4, 0.5) is 0 Å². The maximum absolute atomic E-state index is 11.8. The fraction of sp³-hybridized carbons (Fsp3) is 0.538. The maximum Gasteiger partial charge on any atom is 0.345 e. The fourth-order valence-electron chi connectivity index (χ4n) is 1.65. The molecule has 0 bridgehead atoms. The molecule has 1 aromatic rings. The van der Waals surface area contributed by atoms with Gasteiger partial charge in [0.1, 0.15) is 4.88 Å². The van der Waals surface area contributed by atoms with Gasteiger partial charge in [0.25, 0.3) is 0 Å². The summed E-state index contributed by atoms with van der Waals surface area (Å²) in [6.07, 6.45) is 1.38. The number of carbonyl (C=O) groups excluding carboxylic acids is 1. The smallest absolute Gasteiger partial charge is 0.345 e. The molecule has 0 spiro atoms. The average molecular weight is 301 g/mol. The average Bonchev–Trinajstić information content (AvgIpc) is 2.85. The first-order valence-electron chi connectivity index (χ1n) is 6.30. The Labute approximate surface area is 121 Å². The summed E-state index contributed by atoms with van der Waals surface area (Å²) in [4.78, 5) is 25.6. The van der Waals surface area contributed by atoms with E-state index in [1.54, 1.807) is 17.8 Å². The van der Waals surface area contributed by atoms with E-state index in [0.29, 0.717) is 11.3 Å². The summed E-state index contributed by atoms with van der Waals surface area (Å²) in [7, 11) is 0. The SMILES string of the molecule is CCN(CC)C(=O)CCCSc1csc(C(=O)O)c1. The Kier molecular flexibility index (Phi) is 6.94. The predicted molar refractivity (Wildman–Crippen MR) is 79.2 cm³/mol.